The Morgan fingerprint density at radius 1 is 0.917 bits per heavy atom. The maximum Gasteiger partial charge on any atom is 0.238 e. The fraction of sp³-hybridized carbons (Fsp3) is 0.136. The lowest BCUT2D eigenvalue weighted by molar-refractivity contribution is 1.31. The predicted molar refractivity (Wildman–Crippen MR) is 110 cm³/mol. The molecule has 0 spiro atoms. The fourth-order valence-corrected chi connectivity index (χ4v) is 5.26. The van der Waals surface area contributed by atoms with Crippen LogP contribution in [0.2, 0.25) is 0 Å². The van der Waals surface area contributed by atoms with Crippen LogP contribution in [0.4, 0.5) is 0 Å². The molecule has 2 heteroatoms. The van der Waals surface area contributed by atoms with E-state index in [1.807, 2.05) is 11.8 Å². The summed E-state index contributed by atoms with van der Waals surface area (Å²) in [4.78, 5) is 2.67. The number of benzene rings is 2. The van der Waals surface area contributed by atoms with E-state index < -0.39 is 0 Å². The molecule has 0 radical (unpaired) electrons. The minimum absolute atomic E-state index is 1.30. The molecule has 1 aliphatic rings. The molecule has 24 heavy (non-hydrogen) atoms. The molecule has 1 aromatic heterocycles. The summed E-state index contributed by atoms with van der Waals surface area (Å²) in [6.45, 7) is 6.52. The van der Waals surface area contributed by atoms with Gasteiger partial charge in [-0.15, -0.1) is 0 Å². The van der Waals surface area contributed by atoms with Gasteiger partial charge < -0.3 is 0 Å². The van der Waals surface area contributed by atoms with E-state index >= 15 is 0 Å². The maximum absolute atomic E-state index is 2.32. The second-order valence-electron chi connectivity index (χ2n) is 6.35. The first-order valence-electron chi connectivity index (χ1n) is 8.10. The molecule has 0 saturated carbocycles. The monoisotopic (exact) mass is 347 g/mol. The van der Waals surface area contributed by atoms with Crippen molar-refractivity contribution < 1.29 is 0 Å². The van der Waals surface area contributed by atoms with Gasteiger partial charge in [-0.05, 0) is 72.9 Å². The molecule has 0 N–H and O–H groups in total. The van der Waals surface area contributed by atoms with E-state index in [0.717, 1.165) is 0 Å². The lowest BCUT2D eigenvalue weighted by atomic mass is 10.0. The van der Waals surface area contributed by atoms with Gasteiger partial charge in [-0.25, -0.2) is 0 Å². The zero-order valence-corrected chi connectivity index (χ0v) is 15.7. The smallest absolute Gasteiger partial charge is 0.0894 e. The summed E-state index contributed by atoms with van der Waals surface area (Å²) < 4.78 is 1.35. The molecule has 3 aromatic rings. The van der Waals surface area contributed by atoms with Crippen LogP contribution in [-0.4, -0.2) is 0 Å². The minimum Gasteiger partial charge on any atom is -0.0894 e. The molecule has 4 rings (SSSR count). The lowest BCUT2D eigenvalue weighted by Crippen LogP contribution is -1.92. The number of hydrogen-bond acceptors (Lipinski definition) is 1. The Morgan fingerprint density at radius 2 is 1.71 bits per heavy atom. The molecule has 0 unspecified atom stereocenters. The number of rotatable bonds is 1. The van der Waals surface area contributed by atoms with Crippen LogP contribution in [0.15, 0.2) is 63.7 Å². The molecule has 0 nitrogen and oxygen atoms in total. The molecular weight excluding hydrogens is 328 g/mol. The third-order valence-corrected chi connectivity index (χ3v) is 6.23. The normalized spacial score (nSPS) is 15.5. The molecule has 2 aromatic carbocycles. The van der Waals surface area contributed by atoms with Gasteiger partial charge in [0.05, 0.1) is 0 Å². The van der Waals surface area contributed by atoms with Gasteiger partial charge in [0.25, 0.3) is 0 Å². The highest BCUT2D eigenvalue weighted by atomic mass is 32.2. The third kappa shape index (κ3) is 2.92. The van der Waals surface area contributed by atoms with Crippen molar-refractivity contribution in [2.45, 2.75) is 25.7 Å². The SMILES string of the molecule is CC1=C/C(=C\c2cc[s+]c3cc(C)ccc23)Sc2cc(C)ccc21. The van der Waals surface area contributed by atoms with E-state index in [1.54, 1.807) is 11.3 Å². The molecule has 0 bridgehead atoms. The highest BCUT2D eigenvalue weighted by Crippen LogP contribution is 2.41. The van der Waals surface area contributed by atoms with Gasteiger partial charge in [0.15, 0.2) is 5.38 Å². The van der Waals surface area contributed by atoms with Gasteiger partial charge in [-0.3, -0.25) is 0 Å². The van der Waals surface area contributed by atoms with Crippen molar-refractivity contribution in [2.24, 2.45) is 0 Å². The van der Waals surface area contributed by atoms with Gasteiger partial charge >= 0.3 is 0 Å². The number of fused-ring (bicyclic) bond motifs is 2. The van der Waals surface area contributed by atoms with Gasteiger partial charge in [-0.1, -0.05) is 30.0 Å². The van der Waals surface area contributed by atoms with Crippen LogP contribution in [0.3, 0.4) is 0 Å². The Hall–Kier alpha value is -1.90. The summed E-state index contributed by atoms with van der Waals surface area (Å²) >= 11 is 3.68. The van der Waals surface area contributed by atoms with Crippen LogP contribution in [0, 0.1) is 13.8 Å². The van der Waals surface area contributed by atoms with E-state index in [-0.39, 0.29) is 0 Å². The Balaban J connectivity index is 1.82. The van der Waals surface area contributed by atoms with Crippen molar-refractivity contribution >= 4 is 44.8 Å². The summed E-state index contributed by atoms with van der Waals surface area (Å²) in [7, 11) is 0. The Morgan fingerprint density at radius 3 is 2.58 bits per heavy atom. The lowest BCUT2D eigenvalue weighted by Gasteiger charge is -2.17. The molecule has 118 valence electrons. The van der Waals surface area contributed by atoms with Crippen molar-refractivity contribution in [3.05, 3.63) is 81.1 Å². The highest BCUT2D eigenvalue weighted by Gasteiger charge is 2.15. The quantitative estimate of drug-likeness (QED) is 0.415. The van der Waals surface area contributed by atoms with Crippen LogP contribution in [0.25, 0.3) is 21.7 Å². The maximum atomic E-state index is 2.32. The topological polar surface area (TPSA) is 0 Å². The van der Waals surface area contributed by atoms with E-state index in [9.17, 15) is 0 Å². The van der Waals surface area contributed by atoms with Gasteiger partial charge in [-0.2, -0.15) is 0 Å². The van der Waals surface area contributed by atoms with Crippen molar-refractivity contribution in [3.8, 4) is 0 Å². The average Bonchev–Trinajstić information content (AvgIpc) is 2.54. The molecule has 2 heterocycles. The minimum atomic E-state index is 1.30. The van der Waals surface area contributed by atoms with E-state index in [4.69, 9.17) is 0 Å². The third-order valence-electron chi connectivity index (χ3n) is 4.34. The standard InChI is InChI=1S/C22H19S2/c1-14-5-7-20-17(8-9-23-21(20)10-14)13-18-12-16(3)19-6-4-15(2)11-22(19)24-18/h4-13H,1-3H3/q+1. The zero-order valence-electron chi connectivity index (χ0n) is 14.1. The second-order valence-corrected chi connectivity index (χ2v) is 8.41. The number of allylic oxidation sites excluding steroid dienone is 2. The van der Waals surface area contributed by atoms with Gasteiger partial charge in [0.2, 0.25) is 16.0 Å². The molecule has 0 amide bonds. The van der Waals surface area contributed by atoms with Crippen molar-refractivity contribution in [3.63, 3.8) is 0 Å². The summed E-state index contributed by atoms with van der Waals surface area (Å²) in [6.07, 6.45) is 4.63. The van der Waals surface area contributed by atoms with E-state index in [1.165, 1.54) is 47.7 Å². The van der Waals surface area contributed by atoms with Crippen LogP contribution in [0.1, 0.15) is 29.2 Å². The van der Waals surface area contributed by atoms with E-state index in [2.05, 4.69) is 80.8 Å². The van der Waals surface area contributed by atoms with Crippen LogP contribution in [0.5, 0.6) is 0 Å². The number of hydrogen-bond donors (Lipinski definition) is 0. The fourth-order valence-electron chi connectivity index (χ4n) is 3.07. The highest BCUT2D eigenvalue weighted by molar-refractivity contribution is 8.03. The van der Waals surface area contributed by atoms with Crippen molar-refractivity contribution in [1.82, 2.24) is 0 Å². The predicted octanol–water partition coefficient (Wildman–Crippen LogP) is 7.35. The molecule has 0 fully saturated rings. The van der Waals surface area contributed by atoms with Crippen molar-refractivity contribution in [1.29, 1.82) is 0 Å². The van der Waals surface area contributed by atoms with Gasteiger partial charge in [0, 0.05) is 27.3 Å². The first kappa shape index (κ1) is 15.6. The number of thioether (sulfide) groups is 1. The molecule has 0 aliphatic carbocycles. The summed E-state index contributed by atoms with van der Waals surface area (Å²) in [5, 5.41) is 3.53. The molecule has 0 saturated heterocycles. The Labute approximate surface area is 151 Å². The molecule has 1 aliphatic heterocycles. The summed E-state index contributed by atoms with van der Waals surface area (Å²) in [5.74, 6) is 0. The Kier molecular flexibility index (Phi) is 4.03. The van der Waals surface area contributed by atoms with Crippen LogP contribution < -0.4 is 0 Å². The first-order chi connectivity index (χ1) is 11.6. The summed E-state index contributed by atoms with van der Waals surface area (Å²) in [5.41, 5.74) is 6.63. The van der Waals surface area contributed by atoms with Gasteiger partial charge in [0.1, 0.15) is 0 Å². The molecular formula is C22H19S2+. The largest absolute Gasteiger partial charge is 0.238 e. The van der Waals surface area contributed by atoms with Crippen molar-refractivity contribution in [2.75, 3.05) is 0 Å². The zero-order chi connectivity index (χ0) is 16.7. The number of aryl methyl sites for hydroxylation is 2. The Bertz CT molecular complexity index is 1010. The molecule has 0 atom stereocenters. The second kappa shape index (κ2) is 6.19. The van der Waals surface area contributed by atoms with E-state index in [0.29, 0.717) is 0 Å². The summed E-state index contributed by atoms with van der Waals surface area (Å²) in [6, 6.07) is 15.7. The average molecular weight is 348 g/mol. The first-order valence-corrected chi connectivity index (χ1v) is 9.80. The van der Waals surface area contributed by atoms with Crippen LogP contribution >= 0.6 is 23.1 Å². The van der Waals surface area contributed by atoms with Crippen LogP contribution in [-0.2, 0) is 0 Å².